The quantitative estimate of drug-likeness (QED) is 0.728. The third kappa shape index (κ3) is 3.40. The van der Waals surface area contributed by atoms with E-state index in [0.29, 0.717) is 19.0 Å². The van der Waals surface area contributed by atoms with E-state index in [1.165, 1.54) is 0 Å². The molecule has 0 saturated carbocycles. The van der Waals surface area contributed by atoms with Gasteiger partial charge in [0.1, 0.15) is 5.82 Å². The molecule has 0 spiro atoms. The molecule has 0 bridgehead atoms. The lowest BCUT2D eigenvalue weighted by atomic mass is 10.2. The Hall–Kier alpha value is -1.20. The van der Waals surface area contributed by atoms with E-state index < -0.39 is 6.29 Å². The first kappa shape index (κ1) is 14.9. The molecule has 1 aromatic rings. The molecule has 0 aliphatic heterocycles. The van der Waals surface area contributed by atoms with Crippen molar-refractivity contribution in [2.24, 2.45) is 0 Å². The van der Waals surface area contributed by atoms with Crippen LogP contribution in [0.1, 0.15) is 37.2 Å². The van der Waals surface area contributed by atoms with Crippen LogP contribution in [0.25, 0.3) is 0 Å². The number of rotatable bonds is 6. The average Bonchev–Trinajstić information content (AvgIpc) is 2.32. The molecule has 0 N–H and O–H groups in total. The lowest BCUT2D eigenvalue weighted by Crippen LogP contribution is -2.19. The van der Waals surface area contributed by atoms with Crippen molar-refractivity contribution in [2.75, 3.05) is 32.2 Å². The highest BCUT2D eigenvalue weighted by Gasteiger charge is 2.18. The predicted molar refractivity (Wildman–Crippen MR) is 71.8 cm³/mol. The average molecular weight is 253 g/mol. The molecule has 18 heavy (non-hydrogen) atoms. The van der Waals surface area contributed by atoms with E-state index in [9.17, 15) is 0 Å². The van der Waals surface area contributed by atoms with Crippen LogP contribution in [0.2, 0.25) is 0 Å². The first-order valence-electron chi connectivity index (χ1n) is 6.26. The molecule has 0 saturated heterocycles. The van der Waals surface area contributed by atoms with Crippen molar-refractivity contribution in [1.29, 1.82) is 0 Å². The number of aryl methyl sites for hydroxylation is 1. The summed E-state index contributed by atoms with van der Waals surface area (Å²) in [5.41, 5.74) is 2.03. The van der Waals surface area contributed by atoms with Crippen molar-refractivity contribution < 1.29 is 9.47 Å². The second-order valence-corrected chi connectivity index (χ2v) is 4.25. The van der Waals surface area contributed by atoms with Crippen LogP contribution in [0, 0.1) is 13.8 Å². The molecule has 0 fully saturated rings. The monoisotopic (exact) mass is 253 g/mol. The Morgan fingerprint density at radius 1 is 1.06 bits per heavy atom. The van der Waals surface area contributed by atoms with Crippen molar-refractivity contribution in [1.82, 2.24) is 9.97 Å². The molecule has 1 heterocycles. The fourth-order valence-corrected chi connectivity index (χ4v) is 1.68. The van der Waals surface area contributed by atoms with Gasteiger partial charge in [-0.1, -0.05) is 0 Å². The van der Waals surface area contributed by atoms with Crippen LogP contribution in [0.3, 0.4) is 0 Å². The van der Waals surface area contributed by atoms with E-state index in [0.717, 1.165) is 17.1 Å². The molecule has 0 aliphatic rings. The van der Waals surface area contributed by atoms with Gasteiger partial charge in [0, 0.05) is 38.6 Å². The Balaban J connectivity index is 3.14. The van der Waals surface area contributed by atoms with Gasteiger partial charge in [0.25, 0.3) is 0 Å². The minimum absolute atomic E-state index is 0.488. The Morgan fingerprint density at radius 2 is 1.61 bits per heavy atom. The Morgan fingerprint density at radius 3 is 2.06 bits per heavy atom. The van der Waals surface area contributed by atoms with E-state index in [-0.39, 0.29) is 0 Å². The maximum absolute atomic E-state index is 5.53. The predicted octanol–water partition coefficient (Wildman–Crippen LogP) is 2.23. The highest BCUT2D eigenvalue weighted by atomic mass is 16.7. The number of hydrogen-bond acceptors (Lipinski definition) is 5. The van der Waals surface area contributed by atoms with Gasteiger partial charge >= 0.3 is 0 Å². The van der Waals surface area contributed by atoms with Gasteiger partial charge in [0.05, 0.1) is 0 Å². The normalized spacial score (nSPS) is 11.1. The third-order valence-corrected chi connectivity index (χ3v) is 2.65. The van der Waals surface area contributed by atoms with Gasteiger partial charge in [-0.25, -0.2) is 9.97 Å². The first-order valence-corrected chi connectivity index (χ1v) is 6.26. The zero-order chi connectivity index (χ0) is 13.7. The van der Waals surface area contributed by atoms with Gasteiger partial charge in [0.2, 0.25) is 6.29 Å². The molecule has 0 unspecified atom stereocenters. The molecule has 5 heteroatoms. The molecule has 0 atom stereocenters. The fraction of sp³-hybridized carbons (Fsp3) is 0.692. The highest BCUT2D eigenvalue weighted by Crippen LogP contribution is 2.22. The maximum Gasteiger partial charge on any atom is 0.219 e. The number of aromatic nitrogens is 2. The molecule has 0 aliphatic carbocycles. The second kappa shape index (κ2) is 6.66. The lowest BCUT2D eigenvalue weighted by molar-refractivity contribution is -0.145. The molecule has 1 aromatic heterocycles. The molecule has 1 rings (SSSR count). The van der Waals surface area contributed by atoms with E-state index in [1.807, 2.05) is 46.7 Å². The van der Waals surface area contributed by atoms with E-state index >= 15 is 0 Å². The fourth-order valence-electron chi connectivity index (χ4n) is 1.68. The standard InChI is InChI=1S/C13H23N3O2/c1-7-17-13(18-8-2)11-14-10(4)9(3)12(15-11)16(5)6/h13H,7-8H2,1-6H3. The molecule has 0 radical (unpaired) electrons. The van der Waals surface area contributed by atoms with Crippen molar-refractivity contribution in [3.8, 4) is 0 Å². The van der Waals surface area contributed by atoms with Crippen LogP contribution in [0.5, 0.6) is 0 Å². The maximum atomic E-state index is 5.53. The van der Waals surface area contributed by atoms with Gasteiger partial charge in [-0.2, -0.15) is 0 Å². The largest absolute Gasteiger partial charge is 0.362 e. The number of nitrogens with zero attached hydrogens (tertiary/aromatic N) is 3. The minimum Gasteiger partial charge on any atom is -0.362 e. The van der Waals surface area contributed by atoms with Gasteiger partial charge < -0.3 is 14.4 Å². The van der Waals surface area contributed by atoms with Gasteiger partial charge in [0.15, 0.2) is 5.82 Å². The van der Waals surface area contributed by atoms with Gasteiger partial charge in [-0.05, 0) is 27.7 Å². The molecule has 0 aromatic carbocycles. The Labute approximate surface area is 109 Å². The number of ether oxygens (including phenoxy) is 2. The van der Waals surface area contributed by atoms with Crippen LogP contribution in [-0.4, -0.2) is 37.3 Å². The minimum atomic E-state index is -0.488. The molecular weight excluding hydrogens is 230 g/mol. The van der Waals surface area contributed by atoms with E-state index in [4.69, 9.17) is 9.47 Å². The second-order valence-electron chi connectivity index (χ2n) is 4.25. The summed E-state index contributed by atoms with van der Waals surface area (Å²) in [7, 11) is 3.93. The van der Waals surface area contributed by atoms with Crippen LogP contribution in [-0.2, 0) is 9.47 Å². The summed E-state index contributed by atoms with van der Waals surface area (Å²) in [4.78, 5) is 11.0. The zero-order valence-corrected chi connectivity index (χ0v) is 12.1. The Kier molecular flexibility index (Phi) is 5.50. The van der Waals surface area contributed by atoms with Crippen molar-refractivity contribution in [2.45, 2.75) is 34.0 Å². The summed E-state index contributed by atoms with van der Waals surface area (Å²) >= 11 is 0. The van der Waals surface area contributed by atoms with Gasteiger partial charge in [-0.3, -0.25) is 0 Å². The van der Waals surface area contributed by atoms with Crippen LogP contribution < -0.4 is 4.90 Å². The number of hydrogen-bond donors (Lipinski definition) is 0. The lowest BCUT2D eigenvalue weighted by Gasteiger charge is -2.20. The first-order chi connectivity index (χ1) is 8.51. The van der Waals surface area contributed by atoms with Crippen LogP contribution >= 0.6 is 0 Å². The smallest absolute Gasteiger partial charge is 0.219 e. The summed E-state index contributed by atoms with van der Waals surface area (Å²) < 4.78 is 11.1. The zero-order valence-electron chi connectivity index (χ0n) is 12.1. The molecular formula is C13H23N3O2. The van der Waals surface area contributed by atoms with Crippen LogP contribution in [0.4, 0.5) is 5.82 Å². The van der Waals surface area contributed by atoms with E-state index in [1.54, 1.807) is 0 Å². The van der Waals surface area contributed by atoms with Crippen molar-refractivity contribution >= 4 is 5.82 Å². The third-order valence-electron chi connectivity index (χ3n) is 2.65. The van der Waals surface area contributed by atoms with Crippen LogP contribution in [0.15, 0.2) is 0 Å². The summed E-state index contributed by atoms with van der Waals surface area (Å²) in [6.07, 6.45) is -0.488. The summed E-state index contributed by atoms with van der Waals surface area (Å²) in [6.45, 7) is 8.99. The Bertz CT molecular complexity index is 388. The molecule has 102 valence electrons. The molecule has 0 amide bonds. The summed E-state index contributed by atoms with van der Waals surface area (Å²) in [5, 5.41) is 0. The highest BCUT2D eigenvalue weighted by molar-refractivity contribution is 5.46. The van der Waals surface area contributed by atoms with Crippen molar-refractivity contribution in [3.05, 3.63) is 17.1 Å². The van der Waals surface area contributed by atoms with E-state index in [2.05, 4.69) is 9.97 Å². The SMILES string of the molecule is CCOC(OCC)c1nc(C)c(C)c(N(C)C)n1. The topological polar surface area (TPSA) is 47.5 Å². The summed E-state index contributed by atoms with van der Waals surface area (Å²) in [6, 6.07) is 0. The summed E-state index contributed by atoms with van der Waals surface area (Å²) in [5.74, 6) is 1.49. The van der Waals surface area contributed by atoms with Gasteiger partial charge in [-0.15, -0.1) is 0 Å². The van der Waals surface area contributed by atoms with Crippen molar-refractivity contribution in [3.63, 3.8) is 0 Å². The molecule has 5 nitrogen and oxygen atoms in total. The number of anilines is 1.